The lowest BCUT2D eigenvalue weighted by Gasteiger charge is -1.99. The molecule has 0 fully saturated rings. The number of rotatable bonds is 6. The van der Waals surface area contributed by atoms with Crippen LogP contribution in [0.5, 0.6) is 0 Å². The number of aromatic nitrogens is 1. The Hall–Kier alpha value is -1.18. The normalized spacial score (nSPS) is 10.1. The van der Waals surface area contributed by atoms with Gasteiger partial charge < -0.3 is 0 Å². The Morgan fingerprint density at radius 3 is 2.86 bits per heavy atom. The van der Waals surface area contributed by atoms with Crippen LogP contribution in [0.3, 0.4) is 0 Å². The third kappa shape index (κ3) is 4.17. The molecular formula is C12H17NO. The zero-order valence-corrected chi connectivity index (χ0v) is 8.70. The fraction of sp³-hybridized carbons (Fsp3) is 0.500. The van der Waals surface area contributed by atoms with Crippen molar-refractivity contribution in [3.05, 3.63) is 30.1 Å². The van der Waals surface area contributed by atoms with Crippen molar-refractivity contribution in [1.29, 1.82) is 0 Å². The number of hydrogen-bond acceptors (Lipinski definition) is 2. The highest BCUT2D eigenvalue weighted by Crippen LogP contribution is 2.03. The number of aryl methyl sites for hydroxylation is 1. The highest BCUT2D eigenvalue weighted by molar-refractivity contribution is 5.78. The van der Waals surface area contributed by atoms with Crippen molar-refractivity contribution in [2.24, 2.45) is 0 Å². The fourth-order valence-electron chi connectivity index (χ4n) is 1.31. The summed E-state index contributed by atoms with van der Waals surface area (Å²) in [6.07, 6.45) is 6.02. The van der Waals surface area contributed by atoms with Crippen molar-refractivity contribution in [2.75, 3.05) is 0 Å². The van der Waals surface area contributed by atoms with Crippen LogP contribution in [0.1, 0.15) is 38.3 Å². The van der Waals surface area contributed by atoms with Gasteiger partial charge in [0.2, 0.25) is 0 Å². The van der Waals surface area contributed by atoms with Gasteiger partial charge in [0, 0.05) is 24.7 Å². The molecule has 0 aromatic carbocycles. The summed E-state index contributed by atoms with van der Waals surface area (Å²) in [5.41, 5.74) is 1.01. The zero-order chi connectivity index (χ0) is 10.2. The maximum absolute atomic E-state index is 11.3. The zero-order valence-electron chi connectivity index (χ0n) is 8.70. The van der Waals surface area contributed by atoms with Crippen molar-refractivity contribution in [3.63, 3.8) is 0 Å². The molecular weight excluding hydrogens is 174 g/mol. The largest absolute Gasteiger partial charge is 0.300 e. The average molecular weight is 191 g/mol. The van der Waals surface area contributed by atoms with Crippen LogP contribution in [-0.2, 0) is 11.2 Å². The van der Waals surface area contributed by atoms with Gasteiger partial charge >= 0.3 is 0 Å². The minimum Gasteiger partial charge on any atom is -0.300 e. The van der Waals surface area contributed by atoms with Gasteiger partial charge in [0.1, 0.15) is 5.78 Å². The number of carbonyl (C=O) groups excluding carboxylic acids is 1. The van der Waals surface area contributed by atoms with Gasteiger partial charge in [-0.3, -0.25) is 9.78 Å². The third-order valence-electron chi connectivity index (χ3n) is 2.20. The number of hydrogen-bond donors (Lipinski definition) is 0. The SMILES string of the molecule is CCCCC(=O)CCc1ccccn1. The van der Waals surface area contributed by atoms with Gasteiger partial charge in [-0.05, 0) is 25.0 Å². The number of ketones is 1. The molecule has 0 N–H and O–H groups in total. The summed E-state index contributed by atoms with van der Waals surface area (Å²) in [4.78, 5) is 15.5. The Balaban J connectivity index is 2.24. The number of Topliss-reactive ketones (excluding diaryl/α,β-unsaturated/α-hetero) is 1. The maximum Gasteiger partial charge on any atom is 0.133 e. The molecule has 0 amide bonds. The Morgan fingerprint density at radius 1 is 1.36 bits per heavy atom. The lowest BCUT2D eigenvalue weighted by atomic mass is 10.1. The van der Waals surface area contributed by atoms with Gasteiger partial charge in [0.05, 0.1) is 0 Å². The van der Waals surface area contributed by atoms with Crippen LogP contribution >= 0.6 is 0 Å². The van der Waals surface area contributed by atoms with E-state index in [0.717, 1.165) is 31.4 Å². The Kier molecular flexibility index (Phi) is 4.90. The van der Waals surface area contributed by atoms with E-state index >= 15 is 0 Å². The van der Waals surface area contributed by atoms with E-state index in [1.54, 1.807) is 6.20 Å². The molecule has 0 spiro atoms. The first-order chi connectivity index (χ1) is 6.83. The maximum atomic E-state index is 11.3. The summed E-state index contributed by atoms with van der Waals surface area (Å²) in [5.74, 6) is 0.359. The first-order valence-electron chi connectivity index (χ1n) is 5.24. The molecule has 14 heavy (non-hydrogen) atoms. The summed E-state index contributed by atoms with van der Waals surface area (Å²) in [6.45, 7) is 2.10. The van der Waals surface area contributed by atoms with E-state index in [2.05, 4.69) is 11.9 Å². The molecule has 0 unspecified atom stereocenters. The molecule has 1 heterocycles. The second kappa shape index (κ2) is 6.30. The van der Waals surface area contributed by atoms with Crippen LogP contribution < -0.4 is 0 Å². The van der Waals surface area contributed by atoms with Gasteiger partial charge in [-0.15, -0.1) is 0 Å². The topological polar surface area (TPSA) is 30.0 Å². The van der Waals surface area contributed by atoms with Gasteiger partial charge in [0.25, 0.3) is 0 Å². The summed E-state index contributed by atoms with van der Waals surface area (Å²) in [6, 6.07) is 5.81. The van der Waals surface area contributed by atoms with Crippen molar-refractivity contribution >= 4 is 5.78 Å². The summed E-state index contributed by atoms with van der Waals surface area (Å²) in [7, 11) is 0. The highest BCUT2D eigenvalue weighted by Gasteiger charge is 2.01. The van der Waals surface area contributed by atoms with Crippen LogP contribution in [0.15, 0.2) is 24.4 Å². The summed E-state index contributed by atoms with van der Waals surface area (Å²) >= 11 is 0. The molecule has 0 aliphatic carbocycles. The molecule has 76 valence electrons. The monoisotopic (exact) mass is 191 g/mol. The molecule has 1 rings (SSSR count). The lowest BCUT2D eigenvalue weighted by molar-refractivity contribution is -0.119. The van der Waals surface area contributed by atoms with E-state index in [1.165, 1.54) is 0 Å². The summed E-state index contributed by atoms with van der Waals surface area (Å²) in [5, 5.41) is 0. The second-order valence-electron chi connectivity index (χ2n) is 3.46. The average Bonchev–Trinajstić information content (AvgIpc) is 2.25. The quantitative estimate of drug-likeness (QED) is 0.692. The van der Waals surface area contributed by atoms with Gasteiger partial charge in [0.15, 0.2) is 0 Å². The van der Waals surface area contributed by atoms with Crippen LogP contribution in [0.4, 0.5) is 0 Å². The number of unbranched alkanes of at least 4 members (excludes halogenated alkanes) is 1. The first kappa shape index (κ1) is 10.9. The first-order valence-corrected chi connectivity index (χ1v) is 5.24. The second-order valence-corrected chi connectivity index (χ2v) is 3.46. The van der Waals surface area contributed by atoms with E-state index in [0.29, 0.717) is 12.2 Å². The predicted molar refractivity (Wildman–Crippen MR) is 57.1 cm³/mol. The van der Waals surface area contributed by atoms with Crippen LogP contribution in [0.2, 0.25) is 0 Å². The molecule has 0 aliphatic heterocycles. The number of nitrogens with zero attached hydrogens (tertiary/aromatic N) is 1. The van der Waals surface area contributed by atoms with Crippen LogP contribution in [-0.4, -0.2) is 10.8 Å². The molecule has 0 bridgehead atoms. The smallest absolute Gasteiger partial charge is 0.133 e. The van der Waals surface area contributed by atoms with Crippen molar-refractivity contribution in [2.45, 2.75) is 39.0 Å². The minimum atomic E-state index is 0.359. The molecule has 0 atom stereocenters. The molecule has 2 nitrogen and oxygen atoms in total. The van der Waals surface area contributed by atoms with Crippen molar-refractivity contribution in [3.8, 4) is 0 Å². The molecule has 0 saturated heterocycles. The molecule has 2 heteroatoms. The Morgan fingerprint density at radius 2 is 2.21 bits per heavy atom. The standard InChI is InChI=1S/C12H17NO/c1-2-3-7-12(14)9-8-11-6-4-5-10-13-11/h4-6,10H,2-3,7-9H2,1H3. The molecule has 0 saturated carbocycles. The van der Waals surface area contributed by atoms with Gasteiger partial charge in [-0.25, -0.2) is 0 Å². The van der Waals surface area contributed by atoms with E-state index in [-0.39, 0.29) is 0 Å². The number of carbonyl (C=O) groups is 1. The van der Waals surface area contributed by atoms with Crippen LogP contribution in [0.25, 0.3) is 0 Å². The van der Waals surface area contributed by atoms with Crippen LogP contribution in [0, 0.1) is 0 Å². The van der Waals surface area contributed by atoms with Crippen molar-refractivity contribution < 1.29 is 4.79 Å². The third-order valence-corrected chi connectivity index (χ3v) is 2.20. The molecule has 1 aromatic heterocycles. The molecule has 0 radical (unpaired) electrons. The Bertz CT molecular complexity index is 269. The molecule has 0 aliphatic rings. The van der Waals surface area contributed by atoms with Gasteiger partial charge in [-0.2, -0.15) is 0 Å². The Labute approximate surface area is 85.4 Å². The highest BCUT2D eigenvalue weighted by atomic mass is 16.1. The van der Waals surface area contributed by atoms with E-state index in [1.807, 2.05) is 18.2 Å². The lowest BCUT2D eigenvalue weighted by Crippen LogP contribution is -2.00. The van der Waals surface area contributed by atoms with E-state index < -0.39 is 0 Å². The summed E-state index contributed by atoms with van der Waals surface area (Å²) < 4.78 is 0. The molecule has 1 aromatic rings. The van der Waals surface area contributed by atoms with Gasteiger partial charge in [-0.1, -0.05) is 19.4 Å². The van der Waals surface area contributed by atoms with E-state index in [4.69, 9.17) is 0 Å². The number of pyridine rings is 1. The van der Waals surface area contributed by atoms with E-state index in [9.17, 15) is 4.79 Å². The fourth-order valence-corrected chi connectivity index (χ4v) is 1.31. The van der Waals surface area contributed by atoms with Crippen molar-refractivity contribution in [1.82, 2.24) is 4.98 Å². The predicted octanol–water partition coefficient (Wildman–Crippen LogP) is 2.77. The minimum absolute atomic E-state index is 0.359.